The van der Waals surface area contributed by atoms with Crippen molar-refractivity contribution >= 4 is 0 Å². The molecule has 1 rings (SSSR count). The summed E-state index contributed by atoms with van der Waals surface area (Å²) in [6, 6.07) is -0.518. The molecule has 0 spiro atoms. The van der Waals surface area contributed by atoms with E-state index in [4.69, 9.17) is 20.7 Å². The summed E-state index contributed by atoms with van der Waals surface area (Å²) in [7, 11) is 0. The third kappa shape index (κ3) is 1.88. The second-order valence-electron chi connectivity index (χ2n) is 2.70. The summed E-state index contributed by atoms with van der Waals surface area (Å²) < 4.78 is 4.79. The average Bonchev–Trinajstić information content (AvgIpc) is 1.96. The van der Waals surface area contributed by atoms with E-state index in [2.05, 4.69) is 0 Å². The minimum Gasteiger partial charge on any atom is -0.394 e. The lowest BCUT2D eigenvalue weighted by Gasteiger charge is -2.34. The Morgan fingerprint density at radius 1 is 1.45 bits per heavy atom. The fraction of sp³-hybridized carbons (Fsp3) is 1.00. The highest BCUT2D eigenvalue weighted by Gasteiger charge is 2.34. The van der Waals surface area contributed by atoms with Crippen molar-refractivity contribution < 1.29 is 20.1 Å². The van der Waals surface area contributed by atoms with Crippen molar-refractivity contribution in [2.45, 2.75) is 31.0 Å². The number of aliphatic hydroxyl groups excluding tert-OH is 3. The van der Waals surface area contributed by atoms with Gasteiger partial charge in [0, 0.05) is 12.5 Å². The van der Waals surface area contributed by atoms with E-state index in [1.807, 2.05) is 0 Å². The molecule has 0 radical (unpaired) electrons. The minimum absolute atomic E-state index is 0.206. The molecule has 0 saturated carbocycles. The molecular weight excluding hydrogens is 150 g/mol. The second-order valence-corrected chi connectivity index (χ2v) is 2.70. The highest BCUT2D eigenvalue weighted by Crippen LogP contribution is 2.16. The Kier molecular flexibility index (Phi) is 2.80. The van der Waals surface area contributed by atoms with Crippen molar-refractivity contribution in [3.05, 3.63) is 0 Å². The van der Waals surface area contributed by atoms with Crippen LogP contribution in [0.5, 0.6) is 0 Å². The van der Waals surface area contributed by atoms with Gasteiger partial charge < -0.3 is 25.8 Å². The fourth-order valence-electron chi connectivity index (χ4n) is 1.14. The van der Waals surface area contributed by atoms with Crippen LogP contribution in [0.1, 0.15) is 6.42 Å². The number of hydrogen-bond donors (Lipinski definition) is 4. The molecule has 1 aliphatic heterocycles. The van der Waals surface area contributed by atoms with Crippen molar-refractivity contribution in [1.29, 1.82) is 0 Å². The molecule has 0 aromatic heterocycles. The van der Waals surface area contributed by atoms with Gasteiger partial charge in [0.25, 0.3) is 0 Å². The molecule has 5 nitrogen and oxygen atoms in total. The van der Waals surface area contributed by atoms with Crippen LogP contribution in [0.2, 0.25) is 0 Å². The van der Waals surface area contributed by atoms with Crippen LogP contribution < -0.4 is 5.73 Å². The van der Waals surface area contributed by atoms with E-state index in [1.54, 1.807) is 0 Å². The summed E-state index contributed by atoms with van der Waals surface area (Å²) in [4.78, 5) is 0. The van der Waals surface area contributed by atoms with Gasteiger partial charge in [-0.1, -0.05) is 0 Å². The van der Waals surface area contributed by atoms with Gasteiger partial charge in [0.2, 0.25) is 0 Å². The Hall–Kier alpha value is -0.200. The van der Waals surface area contributed by atoms with Crippen LogP contribution in [0.15, 0.2) is 0 Å². The highest BCUT2D eigenvalue weighted by molar-refractivity contribution is 4.84. The topological polar surface area (TPSA) is 95.9 Å². The number of rotatable bonds is 1. The molecule has 0 amide bonds. The lowest BCUT2D eigenvalue weighted by Crippen LogP contribution is -2.53. The molecular formula is C6H13NO4. The van der Waals surface area contributed by atoms with Crippen molar-refractivity contribution in [3.8, 4) is 0 Å². The van der Waals surface area contributed by atoms with Crippen LogP contribution in [0.25, 0.3) is 0 Å². The smallest absolute Gasteiger partial charge is 0.156 e. The first-order valence-electron chi connectivity index (χ1n) is 3.53. The third-order valence-corrected chi connectivity index (χ3v) is 1.81. The lowest BCUT2D eigenvalue weighted by atomic mass is 10.0. The Balaban J connectivity index is 2.51. The Morgan fingerprint density at radius 2 is 2.09 bits per heavy atom. The molecule has 4 atom stereocenters. The molecule has 5 heteroatoms. The molecule has 1 fully saturated rings. The summed E-state index contributed by atoms with van der Waals surface area (Å²) in [5.41, 5.74) is 5.43. The number of nitrogens with two attached hydrogens (primary N) is 1. The maximum absolute atomic E-state index is 9.23. The van der Waals surface area contributed by atoms with Crippen LogP contribution in [0, 0.1) is 0 Å². The normalized spacial score (nSPS) is 45.8. The van der Waals surface area contributed by atoms with Gasteiger partial charge >= 0.3 is 0 Å². The van der Waals surface area contributed by atoms with Crippen LogP contribution in [-0.2, 0) is 4.74 Å². The minimum atomic E-state index is -0.967. The van der Waals surface area contributed by atoms with Crippen molar-refractivity contribution in [2.24, 2.45) is 5.73 Å². The number of aliphatic hydroxyl groups is 3. The van der Waals surface area contributed by atoms with Gasteiger partial charge in [-0.3, -0.25) is 0 Å². The molecule has 1 heterocycles. The second kappa shape index (κ2) is 3.46. The quantitative estimate of drug-likeness (QED) is 0.351. The predicted molar refractivity (Wildman–Crippen MR) is 36.6 cm³/mol. The van der Waals surface area contributed by atoms with Crippen molar-refractivity contribution in [3.63, 3.8) is 0 Å². The molecule has 0 aromatic rings. The zero-order valence-corrected chi connectivity index (χ0v) is 6.05. The Morgan fingerprint density at radius 3 is 2.64 bits per heavy atom. The monoisotopic (exact) mass is 163 g/mol. The van der Waals surface area contributed by atoms with Gasteiger partial charge in [0.15, 0.2) is 6.29 Å². The van der Waals surface area contributed by atoms with Gasteiger partial charge in [-0.2, -0.15) is 0 Å². The first-order chi connectivity index (χ1) is 5.15. The zero-order chi connectivity index (χ0) is 8.43. The molecule has 0 aromatic carbocycles. The summed E-state index contributed by atoms with van der Waals surface area (Å²) in [6.45, 7) is -0.327. The maximum atomic E-state index is 9.23. The van der Waals surface area contributed by atoms with Crippen LogP contribution >= 0.6 is 0 Å². The third-order valence-electron chi connectivity index (χ3n) is 1.81. The SMILES string of the molecule is N[C@@H]1C[C@H](O)O[C@H](CO)[C@@H]1O. The van der Waals surface area contributed by atoms with E-state index in [0.29, 0.717) is 0 Å². The van der Waals surface area contributed by atoms with Gasteiger partial charge in [0.1, 0.15) is 6.10 Å². The summed E-state index contributed by atoms with van der Waals surface area (Å²) in [6.07, 6.45) is -2.40. The van der Waals surface area contributed by atoms with Gasteiger partial charge in [0.05, 0.1) is 12.7 Å². The Labute approximate surface area is 64.4 Å². The predicted octanol–water partition coefficient (Wildman–Crippen LogP) is -2.23. The molecule has 0 aliphatic carbocycles. The van der Waals surface area contributed by atoms with E-state index < -0.39 is 24.5 Å². The molecule has 66 valence electrons. The van der Waals surface area contributed by atoms with Crippen LogP contribution in [-0.4, -0.2) is 46.5 Å². The van der Waals surface area contributed by atoms with E-state index in [9.17, 15) is 5.11 Å². The summed E-state index contributed by atoms with van der Waals surface area (Å²) in [5.74, 6) is 0. The van der Waals surface area contributed by atoms with Gasteiger partial charge in [-0.05, 0) is 0 Å². The van der Waals surface area contributed by atoms with Gasteiger partial charge in [-0.15, -0.1) is 0 Å². The molecule has 0 unspecified atom stereocenters. The first kappa shape index (κ1) is 8.89. The maximum Gasteiger partial charge on any atom is 0.156 e. The van der Waals surface area contributed by atoms with Crippen LogP contribution in [0.4, 0.5) is 0 Å². The summed E-state index contributed by atoms with van der Waals surface area (Å²) >= 11 is 0. The van der Waals surface area contributed by atoms with E-state index in [0.717, 1.165) is 0 Å². The lowest BCUT2D eigenvalue weighted by molar-refractivity contribution is -0.213. The zero-order valence-electron chi connectivity index (χ0n) is 6.05. The molecule has 1 saturated heterocycles. The van der Waals surface area contributed by atoms with E-state index in [-0.39, 0.29) is 13.0 Å². The average molecular weight is 163 g/mol. The molecule has 5 N–H and O–H groups in total. The van der Waals surface area contributed by atoms with E-state index in [1.165, 1.54) is 0 Å². The first-order valence-corrected chi connectivity index (χ1v) is 3.53. The highest BCUT2D eigenvalue weighted by atomic mass is 16.6. The fourth-order valence-corrected chi connectivity index (χ4v) is 1.14. The molecule has 0 bridgehead atoms. The Bertz CT molecular complexity index is 132. The number of hydrogen-bond acceptors (Lipinski definition) is 5. The molecule has 11 heavy (non-hydrogen) atoms. The van der Waals surface area contributed by atoms with Crippen molar-refractivity contribution in [1.82, 2.24) is 0 Å². The number of ether oxygens (including phenoxy) is 1. The van der Waals surface area contributed by atoms with Crippen LogP contribution in [0.3, 0.4) is 0 Å². The van der Waals surface area contributed by atoms with Gasteiger partial charge in [-0.25, -0.2) is 0 Å². The van der Waals surface area contributed by atoms with E-state index >= 15 is 0 Å². The van der Waals surface area contributed by atoms with Crippen molar-refractivity contribution in [2.75, 3.05) is 6.61 Å². The molecule has 1 aliphatic rings. The largest absolute Gasteiger partial charge is 0.394 e. The standard InChI is InChI=1S/C6H13NO4/c7-3-1-5(9)11-4(2-8)6(3)10/h3-6,8-10H,1-2,7H2/t3-,4-,5-,6-/m1/s1. The summed E-state index contributed by atoms with van der Waals surface area (Å²) in [5, 5.41) is 26.9.